The van der Waals surface area contributed by atoms with Crippen LogP contribution in [0.1, 0.15) is 29.7 Å². The van der Waals surface area contributed by atoms with E-state index < -0.39 is 5.41 Å². The van der Waals surface area contributed by atoms with Crippen molar-refractivity contribution < 1.29 is 14.3 Å². The largest absolute Gasteiger partial charge is 0.454 e. The van der Waals surface area contributed by atoms with E-state index in [1.54, 1.807) is 0 Å². The van der Waals surface area contributed by atoms with Crippen molar-refractivity contribution >= 4 is 11.7 Å². The summed E-state index contributed by atoms with van der Waals surface area (Å²) < 4.78 is 10.9. The van der Waals surface area contributed by atoms with Crippen molar-refractivity contribution in [1.82, 2.24) is 4.98 Å². The quantitative estimate of drug-likeness (QED) is 0.702. The molecule has 1 saturated carbocycles. The minimum atomic E-state index is -0.509. The summed E-state index contributed by atoms with van der Waals surface area (Å²) in [4.78, 5) is 17.7. The molecule has 2 aromatic carbocycles. The summed E-state index contributed by atoms with van der Waals surface area (Å²) in [6.45, 7) is 4.29. The molecule has 1 aromatic heterocycles. The molecule has 0 atom stereocenters. The van der Waals surface area contributed by atoms with Crippen LogP contribution in [0.3, 0.4) is 0 Å². The van der Waals surface area contributed by atoms with Gasteiger partial charge in [-0.3, -0.25) is 4.79 Å². The van der Waals surface area contributed by atoms with Crippen molar-refractivity contribution in [2.75, 3.05) is 12.1 Å². The molecular weight excluding hydrogens is 364 g/mol. The van der Waals surface area contributed by atoms with E-state index in [9.17, 15) is 4.79 Å². The third kappa shape index (κ3) is 3.03. The van der Waals surface area contributed by atoms with E-state index in [0.717, 1.165) is 41.0 Å². The first kappa shape index (κ1) is 17.7. The molecule has 5 nitrogen and oxygen atoms in total. The zero-order valence-electron chi connectivity index (χ0n) is 16.5. The number of aryl methyl sites for hydroxylation is 2. The van der Waals surface area contributed by atoms with Gasteiger partial charge >= 0.3 is 0 Å². The van der Waals surface area contributed by atoms with Gasteiger partial charge in [0.1, 0.15) is 5.82 Å². The summed E-state index contributed by atoms with van der Waals surface area (Å²) in [5.74, 6) is 2.00. The molecule has 0 spiro atoms. The number of carbonyl (C=O) groups is 1. The molecule has 1 amide bonds. The number of hydrogen-bond donors (Lipinski definition) is 1. The Balaban J connectivity index is 1.38. The fraction of sp³-hybridized carbons (Fsp3) is 0.250. The lowest BCUT2D eigenvalue weighted by atomic mass is 9.94. The highest BCUT2D eigenvalue weighted by atomic mass is 16.7. The zero-order chi connectivity index (χ0) is 20.0. The third-order valence-electron chi connectivity index (χ3n) is 5.87. The molecule has 0 bridgehead atoms. The number of nitrogens with zero attached hydrogens (tertiary/aromatic N) is 1. The zero-order valence-corrected chi connectivity index (χ0v) is 16.5. The molecule has 0 unspecified atom stereocenters. The molecule has 3 aromatic rings. The lowest BCUT2D eigenvalue weighted by Crippen LogP contribution is -2.28. The highest BCUT2D eigenvalue weighted by molar-refractivity contribution is 6.01. The van der Waals surface area contributed by atoms with Gasteiger partial charge in [-0.15, -0.1) is 0 Å². The Morgan fingerprint density at radius 3 is 2.52 bits per heavy atom. The molecule has 29 heavy (non-hydrogen) atoms. The van der Waals surface area contributed by atoms with Crippen LogP contribution in [0.5, 0.6) is 11.5 Å². The van der Waals surface area contributed by atoms with Gasteiger partial charge in [0.15, 0.2) is 11.5 Å². The van der Waals surface area contributed by atoms with Gasteiger partial charge in [-0.25, -0.2) is 4.98 Å². The number of ether oxygens (including phenoxy) is 2. The van der Waals surface area contributed by atoms with Crippen molar-refractivity contribution in [2.45, 2.75) is 32.1 Å². The standard InChI is InChI=1S/C24H22N2O3/c1-15-5-3-4-6-18(15)19-8-10-22(25-16(19)2)26-23(27)24(11-12-24)17-7-9-20-21(13-17)29-14-28-20/h3-10,13H,11-12,14H2,1-2H3,(H,25,26,27). The predicted octanol–water partition coefficient (Wildman–Crippen LogP) is 4.76. The van der Waals surface area contributed by atoms with E-state index in [2.05, 4.69) is 29.4 Å². The smallest absolute Gasteiger partial charge is 0.236 e. The van der Waals surface area contributed by atoms with Crippen LogP contribution in [0.4, 0.5) is 5.82 Å². The number of rotatable bonds is 4. The summed E-state index contributed by atoms with van der Waals surface area (Å²) in [6.07, 6.45) is 1.64. The molecule has 1 N–H and O–H groups in total. The van der Waals surface area contributed by atoms with Crippen molar-refractivity contribution in [3.8, 4) is 22.6 Å². The third-order valence-corrected chi connectivity index (χ3v) is 5.87. The van der Waals surface area contributed by atoms with Crippen molar-refractivity contribution in [2.24, 2.45) is 0 Å². The summed E-state index contributed by atoms with van der Waals surface area (Å²) in [5.41, 5.74) is 4.80. The predicted molar refractivity (Wildman–Crippen MR) is 111 cm³/mol. The van der Waals surface area contributed by atoms with E-state index in [0.29, 0.717) is 11.6 Å². The van der Waals surface area contributed by atoms with E-state index >= 15 is 0 Å². The highest BCUT2D eigenvalue weighted by Gasteiger charge is 2.51. The molecule has 5 rings (SSSR count). The molecular formula is C24H22N2O3. The molecule has 0 saturated heterocycles. The van der Waals surface area contributed by atoms with Gasteiger partial charge < -0.3 is 14.8 Å². The van der Waals surface area contributed by atoms with Gasteiger partial charge in [-0.1, -0.05) is 30.3 Å². The average molecular weight is 386 g/mol. The number of benzene rings is 2. The molecule has 1 aliphatic carbocycles. The van der Waals surface area contributed by atoms with E-state index in [4.69, 9.17) is 9.47 Å². The highest BCUT2D eigenvalue weighted by Crippen LogP contribution is 2.51. The SMILES string of the molecule is Cc1ccccc1-c1ccc(NC(=O)C2(c3ccc4c(c3)OCO4)CC2)nc1C. The Bertz CT molecular complexity index is 1120. The number of pyridine rings is 1. The van der Waals surface area contributed by atoms with E-state index in [1.165, 1.54) is 5.56 Å². The molecule has 1 aliphatic heterocycles. The lowest BCUT2D eigenvalue weighted by Gasteiger charge is -2.17. The number of nitrogens with one attached hydrogen (secondary N) is 1. The second-order valence-electron chi connectivity index (χ2n) is 7.75. The Morgan fingerprint density at radius 2 is 1.76 bits per heavy atom. The van der Waals surface area contributed by atoms with Crippen molar-refractivity contribution in [1.29, 1.82) is 0 Å². The van der Waals surface area contributed by atoms with Gasteiger partial charge in [-0.2, -0.15) is 0 Å². The molecule has 0 radical (unpaired) electrons. The summed E-state index contributed by atoms with van der Waals surface area (Å²) in [5, 5.41) is 3.02. The van der Waals surface area contributed by atoms with Crippen LogP contribution in [-0.4, -0.2) is 17.7 Å². The maximum absolute atomic E-state index is 13.1. The maximum atomic E-state index is 13.1. The number of fused-ring (bicyclic) bond motifs is 1. The minimum absolute atomic E-state index is 0.0214. The topological polar surface area (TPSA) is 60.5 Å². The maximum Gasteiger partial charge on any atom is 0.236 e. The van der Waals surface area contributed by atoms with Crippen LogP contribution in [0.15, 0.2) is 54.6 Å². The summed E-state index contributed by atoms with van der Waals surface area (Å²) in [6, 6.07) is 17.9. The number of anilines is 1. The normalized spacial score (nSPS) is 15.8. The van der Waals surface area contributed by atoms with Crippen LogP contribution < -0.4 is 14.8 Å². The summed E-state index contributed by atoms with van der Waals surface area (Å²) in [7, 11) is 0. The fourth-order valence-electron chi connectivity index (χ4n) is 3.99. The fourth-order valence-corrected chi connectivity index (χ4v) is 3.99. The second kappa shape index (κ2) is 6.62. The first-order chi connectivity index (χ1) is 14.1. The Kier molecular flexibility index (Phi) is 4.05. The van der Waals surface area contributed by atoms with Gasteiger partial charge in [0.25, 0.3) is 0 Å². The Labute approximate surface area is 169 Å². The molecule has 2 aliphatic rings. The molecule has 5 heteroatoms. The summed E-state index contributed by atoms with van der Waals surface area (Å²) >= 11 is 0. The van der Waals surface area contributed by atoms with Gasteiger partial charge in [-0.05, 0) is 67.6 Å². The first-order valence-electron chi connectivity index (χ1n) is 9.82. The van der Waals surface area contributed by atoms with Gasteiger partial charge in [0, 0.05) is 11.3 Å². The van der Waals surface area contributed by atoms with Gasteiger partial charge in [0.2, 0.25) is 12.7 Å². The van der Waals surface area contributed by atoms with Crippen LogP contribution in [0.2, 0.25) is 0 Å². The number of carbonyl (C=O) groups excluding carboxylic acids is 1. The van der Waals surface area contributed by atoms with Crippen LogP contribution in [-0.2, 0) is 10.2 Å². The van der Waals surface area contributed by atoms with Gasteiger partial charge in [0.05, 0.1) is 5.41 Å². The van der Waals surface area contributed by atoms with Crippen LogP contribution in [0, 0.1) is 13.8 Å². The minimum Gasteiger partial charge on any atom is -0.454 e. The number of hydrogen-bond acceptors (Lipinski definition) is 4. The number of amides is 1. The van der Waals surface area contributed by atoms with Crippen LogP contribution in [0.25, 0.3) is 11.1 Å². The molecule has 1 fully saturated rings. The lowest BCUT2D eigenvalue weighted by molar-refractivity contribution is -0.118. The molecule has 2 heterocycles. The average Bonchev–Trinajstić information content (AvgIpc) is 3.40. The van der Waals surface area contributed by atoms with Crippen molar-refractivity contribution in [3.63, 3.8) is 0 Å². The van der Waals surface area contributed by atoms with Crippen molar-refractivity contribution in [3.05, 3.63) is 71.4 Å². The molecule has 146 valence electrons. The number of aromatic nitrogens is 1. The van der Waals surface area contributed by atoms with E-state index in [-0.39, 0.29) is 12.7 Å². The Morgan fingerprint density at radius 1 is 0.966 bits per heavy atom. The second-order valence-corrected chi connectivity index (χ2v) is 7.75. The Hall–Kier alpha value is -3.34. The monoisotopic (exact) mass is 386 g/mol. The van der Waals surface area contributed by atoms with Crippen LogP contribution >= 0.6 is 0 Å². The van der Waals surface area contributed by atoms with E-state index in [1.807, 2.05) is 49.4 Å². The first-order valence-corrected chi connectivity index (χ1v) is 9.82.